The second-order valence-electron chi connectivity index (χ2n) is 3.86. The molecule has 1 aromatic heterocycles. The number of carbonyl (C=O) groups is 1. The summed E-state index contributed by atoms with van der Waals surface area (Å²) in [5, 5.41) is 2.30. The molecule has 100 valence electrons. The minimum Gasteiger partial charge on any atom is -0.396 e. The van der Waals surface area contributed by atoms with Crippen molar-refractivity contribution in [3.05, 3.63) is 18.3 Å². The molecule has 18 heavy (non-hydrogen) atoms. The van der Waals surface area contributed by atoms with E-state index in [0.717, 1.165) is 12.8 Å². The van der Waals surface area contributed by atoms with Crippen molar-refractivity contribution < 1.29 is 13.2 Å². The van der Waals surface area contributed by atoms with Crippen LogP contribution in [-0.4, -0.2) is 31.6 Å². The van der Waals surface area contributed by atoms with Gasteiger partial charge in [-0.2, -0.15) is 0 Å². The number of nitrogens with two attached hydrogens (primary N) is 1. The Labute approximate surface area is 107 Å². The van der Waals surface area contributed by atoms with Gasteiger partial charge >= 0.3 is 0 Å². The molecule has 0 aliphatic carbocycles. The van der Waals surface area contributed by atoms with E-state index in [0.29, 0.717) is 6.54 Å². The summed E-state index contributed by atoms with van der Waals surface area (Å²) in [5.41, 5.74) is 5.59. The predicted molar refractivity (Wildman–Crippen MR) is 68.6 cm³/mol. The number of anilines is 1. The first kappa shape index (κ1) is 14.4. The van der Waals surface area contributed by atoms with Crippen LogP contribution >= 0.6 is 0 Å². The third-order valence-electron chi connectivity index (χ3n) is 2.27. The molecule has 1 rings (SSSR count). The molecule has 0 aliphatic heterocycles. The molecule has 0 aromatic carbocycles. The highest BCUT2D eigenvalue weighted by Crippen LogP contribution is 2.15. The van der Waals surface area contributed by atoms with Crippen molar-refractivity contribution in [2.24, 2.45) is 0 Å². The fraction of sp³-hybridized carbons (Fsp3) is 0.455. The molecule has 0 radical (unpaired) electrons. The maximum atomic E-state index is 11.9. The van der Waals surface area contributed by atoms with E-state index in [4.69, 9.17) is 5.73 Å². The molecule has 1 aromatic rings. The Morgan fingerprint density at radius 3 is 2.83 bits per heavy atom. The van der Waals surface area contributed by atoms with Gasteiger partial charge in [0.25, 0.3) is 0 Å². The smallest absolute Gasteiger partial charge is 0.235 e. The molecule has 6 nitrogen and oxygen atoms in total. The summed E-state index contributed by atoms with van der Waals surface area (Å²) in [6.07, 6.45) is 3.08. The van der Waals surface area contributed by atoms with Crippen LogP contribution in [-0.2, 0) is 14.6 Å². The molecule has 0 aliphatic rings. The van der Waals surface area contributed by atoms with E-state index in [1.54, 1.807) is 0 Å². The molecule has 0 saturated carbocycles. The summed E-state index contributed by atoms with van der Waals surface area (Å²) in [6, 6.07) is 2.98. The number of sulfone groups is 1. The third kappa shape index (κ3) is 3.99. The van der Waals surface area contributed by atoms with Crippen molar-refractivity contribution in [1.82, 2.24) is 10.3 Å². The fourth-order valence-corrected chi connectivity index (χ4v) is 2.59. The lowest BCUT2D eigenvalue weighted by molar-refractivity contribution is -0.118. The van der Waals surface area contributed by atoms with Crippen molar-refractivity contribution >= 4 is 21.4 Å². The lowest BCUT2D eigenvalue weighted by Gasteiger charge is -2.06. The Balaban J connectivity index is 2.71. The first-order valence-corrected chi connectivity index (χ1v) is 7.32. The lowest BCUT2D eigenvalue weighted by Crippen LogP contribution is -2.31. The minimum atomic E-state index is -3.78. The van der Waals surface area contributed by atoms with Gasteiger partial charge in [-0.15, -0.1) is 0 Å². The van der Waals surface area contributed by atoms with E-state index in [9.17, 15) is 13.2 Å². The Hall–Kier alpha value is -1.63. The first-order chi connectivity index (χ1) is 8.47. The van der Waals surface area contributed by atoms with E-state index < -0.39 is 21.5 Å². The van der Waals surface area contributed by atoms with Crippen LogP contribution in [0, 0.1) is 0 Å². The van der Waals surface area contributed by atoms with E-state index in [2.05, 4.69) is 10.3 Å². The lowest BCUT2D eigenvalue weighted by atomic mass is 10.3. The Morgan fingerprint density at radius 2 is 2.22 bits per heavy atom. The predicted octanol–water partition coefficient (Wildman–Crippen LogP) is 0.354. The van der Waals surface area contributed by atoms with Gasteiger partial charge in [0, 0.05) is 12.7 Å². The summed E-state index contributed by atoms with van der Waals surface area (Å²) in [7, 11) is -3.78. The van der Waals surface area contributed by atoms with Crippen LogP contribution in [0.4, 0.5) is 5.69 Å². The van der Waals surface area contributed by atoms with Crippen molar-refractivity contribution in [3.63, 3.8) is 0 Å². The Morgan fingerprint density at radius 1 is 1.50 bits per heavy atom. The molecule has 0 fully saturated rings. The van der Waals surface area contributed by atoms with E-state index in [-0.39, 0.29) is 10.7 Å². The van der Waals surface area contributed by atoms with Gasteiger partial charge < -0.3 is 11.1 Å². The zero-order valence-electron chi connectivity index (χ0n) is 10.2. The van der Waals surface area contributed by atoms with Crippen molar-refractivity contribution in [3.8, 4) is 0 Å². The molecule has 0 unspecified atom stereocenters. The van der Waals surface area contributed by atoms with Gasteiger partial charge in [0.2, 0.25) is 15.7 Å². The monoisotopic (exact) mass is 271 g/mol. The summed E-state index contributed by atoms with van der Waals surface area (Å²) in [6.45, 7) is 2.46. The van der Waals surface area contributed by atoms with E-state index >= 15 is 0 Å². The number of hydrogen-bond acceptors (Lipinski definition) is 5. The Bertz CT molecular complexity index is 514. The number of nitrogens with zero attached hydrogens (tertiary/aromatic N) is 1. The standard InChI is InChI=1S/C11H17N3O3S/c1-2-3-6-13-10(15)8-18(16,17)11-9(12)5-4-7-14-11/h4-5,7H,2-3,6,8,12H2,1H3,(H,13,15). The van der Waals surface area contributed by atoms with Crippen LogP contribution in [0.1, 0.15) is 19.8 Å². The number of carbonyl (C=O) groups excluding carboxylic acids is 1. The zero-order chi connectivity index (χ0) is 13.6. The molecule has 7 heteroatoms. The summed E-state index contributed by atoms with van der Waals surface area (Å²) < 4.78 is 23.8. The van der Waals surface area contributed by atoms with Gasteiger partial charge in [0.1, 0.15) is 5.75 Å². The molecule has 3 N–H and O–H groups in total. The van der Waals surface area contributed by atoms with Gasteiger partial charge in [-0.25, -0.2) is 13.4 Å². The fourth-order valence-electron chi connectivity index (χ4n) is 1.36. The van der Waals surface area contributed by atoms with Gasteiger partial charge in [-0.3, -0.25) is 4.79 Å². The van der Waals surface area contributed by atoms with Crippen LogP contribution in [0.5, 0.6) is 0 Å². The van der Waals surface area contributed by atoms with E-state index in [1.165, 1.54) is 18.3 Å². The first-order valence-electron chi connectivity index (χ1n) is 5.67. The summed E-state index contributed by atoms with van der Waals surface area (Å²) in [5.74, 6) is -1.16. The number of nitrogen functional groups attached to an aromatic ring is 1. The molecular formula is C11H17N3O3S. The molecule has 0 bridgehead atoms. The van der Waals surface area contributed by atoms with Gasteiger partial charge in [-0.05, 0) is 18.6 Å². The second-order valence-corrected chi connectivity index (χ2v) is 5.77. The number of hydrogen-bond donors (Lipinski definition) is 2. The van der Waals surface area contributed by atoms with Crippen LogP contribution in [0.3, 0.4) is 0 Å². The van der Waals surface area contributed by atoms with Crippen molar-refractivity contribution in [2.45, 2.75) is 24.8 Å². The largest absolute Gasteiger partial charge is 0.396 e. The quantitative estimate of drug-likeness (QED) is 0.727. The minimum absolute atomic E-state index is 0.0545. The molecule has 0 atom stereocenters. The average Bonchev–Trinajstić information content (AvgIpc) is 2.29. The summed E-state index contributed by atoms with van der Waals surface area (Å²) in [4.78, 5) is 15.2. The molecular weight excluding hydrogens is 254 g/mol. The number of nitrogens with one attached hydrogen (secondary N) is 1. The number of aromatic nitrogens is 1. The molecule has 1 amide bonds. The van der Waals surface area contributed by atoms with E-state index in [1.807, 2.05) is 6.92 Å². The van der Waals surface area contributed by atoms with Crippen LogP contribution in [0.2, 0.25) is 0 Å². The summed E-state index contributed by atoms with van der Waals surface area (Å²) >= 11 is 0. The van der Waals surface area contributed by atoms with Crippen LogP contribution < -0.4 is 11.1 Å². The topological polar surface area (TPSA) is 102 Å². The molecule has 0 saturated heterocycles. The van der Waals surface area contributed by atoms with Gasteiger partial charge in [0.05, 0.1) is 5.69 Å². The third-order valence-corrected chi connectivity index (χ3v) is 3.84. The second kappa shape index (κ2) is 6.34. The highest BCUT2D eigenvalue weighted by atomic mass is 32.2. The number of rotatable bonds is 6. The van der Waals surface area contributed by atoms with Crippen molar-refractivity contribution in [2.75, 3.05) is 18.0 Å². The molecule has 0 spiro atoms. The maximum Gasteiger partial charge on any atom is 0.235 e. The van der Waals surface area contributed by atoms with Gasteiger partial charge in [-0.1, -0.05) is 13.3 Å². The zero-order valence-corrected chi connectivity index (χ0v) is 11.0. The number of pyridine rings is 1. The normalized spacial score (nSPS) is 11.2. The van der Waals surface area contributed by atoms with Crippen LogP contribution in [0.25, 0.3) is 0 Å². The van der Waals surface area contributed by atoms with Crippen LogP contribution in [0.15, 0.2) is 23.4 Å². The van der Waals surface area contributed by atoms with Gasteiger partial charge in [0.15, 0.2) is 5.03 Å². The number of unbranched alkanes of at least 4 members (excludes halogenated alkanes) is 1. The maximum absolute atomic E-state index is 11.9. The highest BCUT2D eigenvalue weighted by molar-refractivity contribution is 7.92. The Kier molecular flexibility index (Phi) is 5.08. The average molecular weight is 271 g/mol. The number of amides is 1. The SMILES string of the molecule is CCCCNC(=O)CS(=O)(=O)c1ncccc1N. The highest BCUT2D eigenvalue weighted by Gasteiger charge is 2.22. The van der Waals surface area contributed by atoms with Crippen molar-refractivity contribution in [1.29, 1.82) is 0 Å². The molecule has 1 heterocycles.